The number of carbonyl (C=O) groups excluding carboxylic acids is 3. The molecule has 2 bridgehead atoms. The molecule has 2 unspecified atom stereocenters. The van der Waals surface area contributed by atoms with Crippen LogP contribution in [0.2, 0.25) is 0 Å². The van der Waals surface area contributed by atoms with Crippen molar-refractivity contribution in [2.45, 2.75) is 100 Å². The number of anilines is 1. The van der Waals surface area contributed by atoms with Crippen molar-refractivity contribution >= 4 is 34.5 Å². The first-order valence-electron chi connectivity index (χ1n) is 22.4. The van der Waals surface area contributed by atoms with Gasteiger partial charge in [-0.25, -0.2) is 0 Å². The van der Waals surface area contributed by atoms with Gasteiger partial charge < -0.3 is 33.9 Å². The van der Waals surface area contributed by atoms with Crippen LogP contribution < -0.4 is 9.64 Å². The zero-order chi connectivity index (χ0) is 42.6. The van der Waals surface area contributed by atoms with E-state index in [9.17, 15) is 14.7 Å². The van der Waals surface area contributed by atoms with Crippen molar-refractivity contribution in [1.82, 2.24) is 14.8 Å². The van der Waals surface area contributed by atoms with Crippen LogP contribution in [-0.4, -0.2) is 122 Å². The molecule has 2 N–H and O–H groups in total. The zero-order valence-corrected chi connectivity index (χ0v) is 36.4. The molecule has 12 heteroatoms. The average molecular weight is 833 g/mol. The number of fused-ring (bicyclic) bond motifs is 6. The fraction of sp³-hybridized carbons (Fsp3) is 0.571. The predicted molar refractivity (Wildman–Crippen MR) is 231 cm³/mol. The first kappa shape index (κ1) is 40.4. The quantitative estimate of drug-likeness (QED) is 0.159. The summed E-state index contributed by atoms with van der Waals surface area (Å²) < 4.78 is 24.9. The number of para-hydroxylation sites is 1. The first-order valence-corrected chi connectivity index (χ1v) is 22.4. The van der Waals surface area contributed by atoms with Crippen molar-refractivity contribution in [2.75, 3.05) is 65.5 Å². The molecule has 1 spiro atoms. The Balaban J connectivity index is 1.25. The molecule has 9 atom stereocenters. The topological polar surface area (TPSA) is 134 Å². The van der Waals surface area contributed by atoms with E-state index in [2.05, 4.69) is 76.0 Å². The summed E-state index contributed by atoms with van der Waals surface area (Å²) >= 11 is 0. The number of carbonyl (C=O) groups is 3. The fourth-order valence-electron chi connectivity index (χ4n) is 13.6. The summed E-state index contributed by atoms with van der Waals surface area (Å²) in [5.74, 6) is -0.790. The molecule has 3 aromatic rings. The fourth-order valence-corrected chi connectivity index (χ4v) is 13.6. The van der Waals surface area contributed by atoms with Crippen molar-refractivity contribution in [3.63, 3.8) is 0 Å². The third kappa shape index (κ3) is 5.63. The monoisotopic (exact) mass is 832 g/mol. The Bertz CT molecular complexity index is 2370. The molecule has 61 heavy (non-hydrogen) atoms. The van der Waals surface area contributed by atoms with Gasteiger partial charge in [0.05, 0.1) is 26.2 Å². The van der Waals surface area contributed by atoms with Gasteiger partial charge in [-0.2, -0.15) is 0 Å². The lowest BCUT2D eigenvalue weighted by atomic mass is 9.47. The van der Waals surface area contributed by atoms with Gasteiger partial charge >= 0.3 is 17.9 Å². The van der Waals surface area contributed by atoms with E-state index in [1.165, 1.54) is 19.6 Å². The summed E-state index contributed by atoms with van der Waals surface area (Å²) in [7, 11) is 5.13. The molecule has 324 valence electrons. The first-order chi connectivity index (χ1) is 29.4. The van der Waals surface area contributed by atoms with Gasteiger partial charge in [0.1, 0.15) is 23.9 Å². The summed E-state index contributed by atoms with van der Waals surface area (Å²) in [6.07, 6.45) is 10.6. The van der Waals surface area contributed by atoms with Crippen molar-refractivity contribution in [2.24, 2.45) is 17.3 Å². The molecule has 2 aliphatic carbocycles. The number of nitrogens with one attached hydrogen (secondary N) is 1. The number of nitrogens with zero attached hydrogens (tertiary/aromatic N) is 3. The molecule has 1 saturated heterocycles. The zero-order valence-electron chi connectivity index (χ0n) is 36.4. The summed E-state index contributed by atoms with van der Waals surface area (Å²) in [6, 6.07) is 11.7. The highest BCUT2D eigenvalue weighted by Gasteiger charge is 2.78. The van der Waals surface area contributed by atoms with Gasteiger partial charge in [0.15, 0.2) is 5.60 Å². The van der Waals surface area contributed by atoms with E-state index in [0.717, 1.165) is 90.8 Å². The number of esters is 3. The summed E-state index contributed by atoms with van der Waals surface area (Å²) in [5, 5.41) is 14.8. The highest BCUT2D eigenvalue weighted by molar-refractivity contribution is 5.94. The van der Waals surface area contributed by atoms with Crippen LogP contribution >= 0.6 is 0 Å². The molecule has 2 aromatic carbocycles. The van der Waals surface area contributed by atoms with Crippen molar-refractivity contribution in [1.29, 1.82) is 0 Å². The molecular formula is C49H60N4O8. The maximum atomic E-state index is 15.4. The van der Waals surface area contributed by atoms with Gasteiger partial charge in [0.25, 0.3) is 0 Å². The number of H-pyrrole nitrogens is 1. The van der Waals surface area contributed by atoms with Crippen LogP contribution in [-0.2, 0) is 45.8 Å². The number of hydrogen-bond donors (Lipinski definition) is 2. The average Bonchev–Trinajstić information content (AvgIpc) is 3.88. The standard InChI is InChI=1S/C49H60N4O8/c1-7-30-22-31-25-48(45(56)59-6,40-34(16-20-52(26-30)27-31)33-12-9-10-13-37(33)50-40)36-23-35-38(24-39(36)58-5)51(4)43-47(35)18-21-53-19-11-17-46(8-2,42(47)53)44(61-29(3)54)49(43,57)28-60-41(55)32-14-15-32/h9-13,17,22-24,31-32,42-44,50,57H,7-8,14-16,18-21,25-28H2,1-6H3/t31-,42?,43+,44+,46+,47+,48-,49-/m0/s1. The lowest BCUT2D eigenvalue weighted by Crippen LogP contribution is -2.80. The van der Waals surface area contributed by atoms with Gasteiger partial charge in [-0.05, 0) is 80.7 Å². The minimum Gasteiger partial charge on any atom is -0.496 e. The normalized spacial score (nSPS) is 34.8. The van der Waals surface area contributed by atoms with Gasteiger partial charge in [0.2, 0.25) is 0 Å². The molecule has 0 radical (unpaired) electrons. The second-order valence-electron chi connectivity index (χ2n) is 19.1. The van der Waals surface area contributed by atoms with Crippen LogP contribution in [0.15, 0.2) is 60.2 Å². The van der Waals surface area contributed by atoms with Gasteiger partial charge in [-0.1, -0.05) is 55.8 Å². The molecule has 1 aromatic heterocycles. The minimum atomic E-state index is -1.82. The summed E-state index contributed by atoms with van der Waals surface area (Å²) in [5.41, 5.74) is 2.12. The Morgan fingerprint density at radius 1 is 1.03 bits per heavy atom. The molecule has 10 rings (SSSR count). The Morgan fingerprint density at radius 2 is 1.84 bits per heavy atom. The van der Waals surface area contributed by atoms with E-state index in [-0.39, 0.29) is 36.4 Å². The molecule has 12 nitrogen and oxygen atoms in total. The maximum Gasteiger partial charge on any atom is 0.322 e. The van der Waals surface area contributed by atoms with E-state index >= 15 is 4.79 Å². The third-order valence-corrected chi connectivity index (χ3v) is 16.0. The Kier molecular flexibility index (Phi) is 9.58. The minimum absolute atomic E-state index is 0.0373. The van der Waals surface area contributed by atoms with Crippen LogP contribution in [0.5, 0.6) is 5.75 Å². The SMILES string of the molecule is CCC1=C[C@@H]2CN(CCc3c([nH]c4ccccc34)[C@@](C(=O)OC)(c3cc4c(cc3OC)N(C)[C@H]3[C@@](O)(COC(=O)C5CC5)[C@H](OC(C)=O)[C@]5(CC)C=CCN6CC[C@]43C65)C2)C1. The second-order valence-corrected chi connectivity index (χ2v) is 19.1. The van der Waals surface area contributed by atoms with Crippen molar-refractivity contribution in [3.05, 3.63) is 82.6 Å². The van der Waals surface area contributed by atoms with Gasteiger partial charge in [-0.3, -0.25) is 24.2 Å². The van der Waals surface area contributed by atoms with Crippen molar-refractivity contribution < 1.29 is 38.4 Å². The highest BCUT2D eigenvalue weighted by atomic mass is 16.6. The number of likely N-dealkylation sites (N-methyl/N-ethyl adjacent to an activating group) is 1. The Hall–Kier alpha value is -4.65. The predicted octanol–water partition coefficient (Wildman–Crippen LogP) is 5.58. The van der Waals surface area contributed by atoms with E-state index in [1.807, 2.05) is 19.2 Å². The largest absolute Gasteiger partial charge is 0.496 e. The van der Waals surface area contributed by atoms with Crippen molar-refractivity contribution in [3.8, 4) is 5.75 Å². The number of hydrogen-bond acceptors (Lipinski definition) is 11. The van der Waals surface area contributed by atoms with E-state index < -0.39 is 40.0 Å². The highest BCUT2D eigenvalue weighted by Crippen LogP contribution is 2.68. The number of aromatic amines is 1. The molecule has 7 aliphatic rings. The number of ether oxygens (including phenoxy) is 4. The molecule has 3 fully saturated rings. The molecular weight excluding hydrogens is 773 g/mol. The lowest BCUT2D eigenvalue weighted by molar-refractivity contribution is -0.232. The number of benzene rings is 2. The lowest BCUT2D eigenvalue weighted by Gasteiger charge is -2.64. The van der Waals surface area contributed by atoms with Crippen LogP contribution in [0.25, 0.3) is 10.9 Å². The molecule has 2 saturated carbocycles. The molecule has 6 heterocycles. The van der Waals surface area contributed by atoms with E-state index in [4.69, 9.17) is 18.9 Å². The van der Waals surface area contributed by atoms with Crippen LogP contribution in [0.4, 0.5) is 5.69 Å². The third-order valence-electron chi connectivity index (χ3n) is 16.0. The number of aromatic nitrogens is 1. The van der Waals surface area contributed by atoms with Gasteiger partial charge in [0, 0.05) is 90.9 Å². The van der Waals surface area contributed by atoms with Crippen LogP contribution in [0, 0.1) is 17.3 Å². The second kappa shape index (κ2) is 14.5. The van der Waals surface area contributed by atoms with E-state index in [1.54, 1.807) is 7.11 Å². The Labute approximate surface area is 358 Å². The number of methoxy groups -OCH3 is 2. The summed E-state index contributed by atoms with van der Waals surface area (Å²) in [4.78, 5) is 52.8. The van der Waals surface area contributed by atoms with Gasteiger partial charge in [-0.15, -0.1) is 0 Å². The molecule has 5 aliphatic heterocycles. The number of rotatable bonds is 9. The molecule has 0 amide bonds. The number of aliphatic hydroxyl groups is 1. The van der Waals surface area contributed by atoms with Crippen LogP contribution in [0.1, 0.15) is 81.7 Å². The van der Waals surface area contributed by atoms with E-state index in [0.29, 0.717) is 31.6 Å². The van der Waals surface area contributed by atoms with Crippen LogP contribution in [0.3, 0.4) is 0 Å². The summed E-state index contributed by atoms with van der Waals surface area (Å²) in [6.45, 7) is 9.39. The Morgan fingerprint density at radius 3 is 2.56 bits per heavy atom. The maximum absolute atomic E-state index is 15.4. The smallest absolute Gasteiger partial charge is 0.322 e.